The molecule has 7 nitrogen and oxygen atoms in total. The van der Waals surface area contributed by atoms with Crippen LogP contribution >= 0.6 is 0 Å². The molecule has 2 aromatic rings. The van der Waals surface area contributed by atoms with Gasteiger partial charge in [-0.25, -0.2) is 9.97 Å². The molecular formula is C18H24N4O3. The van der Waals surface area contributed by atoms with Crippen LogP contribution in [0, 0.1) is 0 Å². The molecule has 1 aromatic heterocycles. The zero-order chi connectivity index (χ0) is 18.1. The number of hydrogen-bond donors (Lipinski definition) is 2. The van der Waals surface area contributed by atoms with Gasteiger partial charge in [0.05, 0.1) is 11.7 Å². The van der Waals surface area contributed by atoms with Crippen LogP contribution in [0.1, 0.15) is 30.6 Å². The summed E-state index contributed by atoms with van der Waals surface area (Å²) in [6.45, 7) is 5.32. The van der Waals surface area contributed by atoms with Crippen molar-refractivity contribution in [3.63, 3.8) is 0 Å². The Morgan fingerprint density at radius 2 is 1.84 bits per heavy atom. The first-order chi connectivity index (χ1) is 12.1. The summed E-state index contributed by atoms with van der Waals surface area (Å²) in [5.74, 6) is 0.992. The molecule has 1 amide bonds. The number of anilines is 2. The number of methoxy groups -OCH3 is 1. The lowest BCUT2D eigenvalue weighted by Crippen LogP contribution is -2.14. The number of amides is 1. The molecule has 0 aliphatic carbocycles. The third-order valence-corrected chi connectivity index (χ3v) is 3.21. The number of benzene rings is 1. The molecule has 0 unspecified atom stereocenters. The number of nitrogens with zero attached hydrogens (tertiary/aromatic N) is 2. The predicted molar refractivity (Wildman–Crippen MR) is 97.2 cm³/mol. The molecule has 2 rings (SSSR count). The second kappa shape index (κ2) is 9.58. The minimum atomic E-state index is -0.261. The number of carbonyl (C=O) groups excluding carboxylic acids is 1. The Hall–Kier alpha value is -2.67. The van der Waals surface area contributed by atoms with Gasteiger partial charge in [0.25, 0.3) is 5.91 Å². The fourth-order valence-electron chi connectivity index (χ4n) is 2.05. The van der Waals surface area contributed by atoms with Gasteiger partial charge in [-0.3, -0.25) is 4.79 Å². The van der Waals surface area contributed by atoms with E-state index in [0.717, 1.165) is 12.2 Å². The highest BCUT2D eigenvalue weighted by atomic mass is 16.5. The normalized spacial score (nSPS) is 10.6. The lowest BCUT2D eigenvalue weighted by Gasteiger charge is -2.10. The first-order valence-corrected chi connectivity index (χ1v) is 8.21. The Morgan fingerprint density at radius 3 is 2.44 bits per heavy atom. The van der Waals surface area contributed by atoms with Crippen LogP contribution in [-0.2, 0) is 4.74 Å². The van der Waals surface area contributed by atoms with Gasteiger partial charge in [-0.2, -0.15) is 0 Å². The van der Waals surface area contributed by atoms with Gasteiger partial charge < -0.3 is 20.1 Å². The Bertz CT molecular complexity index is 657. The molecule has 0 bridgehead atoms. The van der Waals surface area contributed by atoms with Crippen molar-refractivity contribution in [2.75, 3.05) is 30.9 Å². The van der Waals surface area contributed by atoms with E-state index in [9.17, 15) is 4.79 Å². The molecule has 7 heteroatoms. The second-order valence-electron chi connectivity index (χ2n) is 5.71. The molecule has 0 spiro atoms. The van der Waals surface area contributed by atoms with E-state index >= 15 is 0 Å². The fraction of sp³-hybridized carbons (Fsp3) is 0.389. The molecule has 1 heterocycles. The fourth-order valence-corrected chi connectivity index (χ4v) is 2.05. The molecule has 0 fully saturated rings. The minimum Gasteiger partial charge on any atom is -0.491 e. The van der Waals surface area contributed by atoms with E-state index in [-0.39, 0.29) is 12.0 Å². The maximum Gasteiger partial charge on any atom is 0.258 e. The van der Waals surface area contributed by atoms with Gasteiger partial charge in [-0.15, -0.1) is 0 Å². The lowest BCUT2D eigenvalue weighted by molar-refractivity contribution is 0.102. The monoisotopic (exact) mass is 344 g/mol. The molecule has 25 heavy (non-hydrogen) atoms. The van der Waals surface area contributed by atoms with Crippen molar-refractivity contribution in [2.24, 2.45) is 0 Å². The first kappa shape index (κ1) is 18.7. The van der Waals surface area contributed by atoms with Crippen LogP contribution in [0.3, 0.4) is 0 Å². The van der Waals surface area contributed by atoms with Gasteiger partial charge in [0.1, 0.15) is 5.75 Å². The van der Waals surface area contributed by atoms with Crippen LogP contribution in [-0.4, -0.2) is 42.2 Å². The van der Waals surface area contributed by atoms with Crippen molar-refractivity contribution in [1.82, 2.24) is 9.97 Å². The highest BCUT2D eigenvalue weighted by molar-refractivity contribution is 6.03. The SMILES string of the molecule is COCCCNc1ncc(C(=O)Nc2ccc(OC(C)C)cc2)cn1. The maximum absolute atomic E-state index is 12.2. The van der Waals surface area contributed by atoms with Gasteiger partial charge in [0.15, 0.2) is 0 Å². The molecule has 1 aromatic carbocycles. The van der Waals surface area contributed by atoms with Gasteiger partial charge in [-0.1, -0.05) is 0 Å². The molecule has 0 saturated heterocycles. The second-order valence-corrected chi connectivity index (χ2v) is 5.71. The smallest absolute Gasteiger partial charge is 0.258 e. The average molecular weight is 344 g/mol. The number of rotatable bonds is 9. The van der Waals surface area contributed by atoms with Crippen molar-refractivity contribution in [2.45, 2.75) is 26.4 Å². The Kier molecular flexibility index (Phi) is 7.16. The number of ether oxygens (including phenoxy) is 2. The third-order valence-electron chi connectivity index (χ3n) is 3.21. The third kappa shape index (κ3) is 6.39. The predicted octanol–water partition coefficient (Wildman–Crippen LogP) is 2.96. The average Bonchev–Trinajstić information content (AvgIpc) is 2.60. The number of carbonyl (C=O) groups is 1. The standard InChI is InChI=1S/C18H24N4O3/c1-13(2)25-16-7-5-15(6-8-16)22-17(23)14-11-20-18(21-12-14)19-9-4-10-24-3/h5-8,11-13H,4,9-10H2,1-3H3,(H,22,23)(H,19,20,21). The summed E-state index contributed by atoms with van der Waals surface area (Å²) in [5.41, 5.74) is 1.08. The van der Waals surface area contributed by atoms with Crippen molar-refractivity contribution >= 4 is 17.5 Å². The van der Waals surface area contributed by atoms with Crippen molar-refractivity contribution in [3.8, 4) is 5.75 Å². The van der Waals surface area contributed by atoms with Crippen LogP contribution in [0.5, 0.6) is 5.75 Å². The largest absolute Gasteiger partial charge is 0.491 e. The van der Waals surface area contributed by atoms with E-state index in [1.165, 1.54) is 12.4 Å². The van der Waals surface area contributed by atoms with Crippen LogP contribution in [0.4, 0.5) is 11.6 Å². The van der Waals surface area contributed by atoms with Crippen LogP contribution < -0.4 is 15.4 Å². The molecule has 0 atom stereocenters. The minimum absolute atomic E-state index is 0.110. The van der Waals surface area contributed by atoms with E-state index in [2.05, 4.69) is 20.6 Å². The van der Waals surface area contributed by atoms with Crippen LogP contribution in [0.25, 0.3) is 0 Å². The van der Waals surface area contributed by atoms with Crippen molar-refractivity contribution < 1.29 is 14.3 Å². The topological polar surface area (TPSA) is 85.4 Å². The molecule has 134 valence electrons. The molecule has 0 saturated carbocycles. The van der Waals surface area contributed by atoms with Crippen molar-refractivity contribution in [3.05, 3.63) is 42.2 Å². The van der Waals surface area contributed by atoms with Gasteiger partial charge in [0, 0.05) is 38.3 Å². The summed E-state index contributed by atoms with van der Waals surface area (Å²) >= 11 is 0. The quantitative estimate of drug-likeness (QED) is 0.680. The van der Waals surface area contributed by atoms with E-state index in [4.69, 9.17) is 9.47 Å². The number of nitrogens with one attached hydrogen (secondary N) is 2. The Balaban J connectivity index is 1.87. The van der Waals surface area contributed by atoms with Crippen LogP contribution in [0.15, 0.2) is 36.7 Å². The Labute approximate surface area is 147 Å². The highest BCUT2D eigenvalue weighted by Crippen LogP contribution is 2.17. The molecular weight excluding hydrogens is 320 g/mol. The Morgan fingerprint density at radius 1 is 1.16 bits per heavy atom. The molecule has 2 N–H and O–H groups in total. The van der Waals surface area contributed by atoms with E-state index in [1.807, 2.05) is 26.0 Å². The summed E-state index contributed by atoms with van der Waals surface area (Å²) in [4.78, 5) is 20.5. The summed E-state index contributed by atoms with van der Waals surface area (Å²) in [6, 6.07) is 7.22. The van der Waals surface area contributed by atoms with E-state index in [1.54, 1.807) is 19.2 Å². The highest BCUT2D eigenvalue weighted by Gasteiger charge is 2.08. The zero-order valence-electron chi connectivity index (χ0n) is 14.8. The van der Waals surface area contributed by atoms with E-state index in [0.29, 0.717) is 30.4 Å². The molecule has 0 aliphatic rings. The maximum atomic E-state index is 12.2. The molecule has 0 aliphatic heterocycles. The molecule has 0 radical (unpaired) electrons. The van der Waals surface area contributed by atoms with Gasteiger partial charge in [0.2, 0.25) is 5.95 Å². The first-order valence-electron chi connectivity index (χ1n) is 8.21. The summed E-state index contributed by atoms with van der Waals surface area (Å²) in [5, 5.41) is 5.88. The van der Waals surface area contributed by atoms with E-state index < -0.39 is 0 Å². The van der Waals surface area contributed by atoms with Gasteiger partial charge >= 0.3 is 0 Å². The van der Waals surface area contributed by atoms with Crippen LogP contribution in [0.2, 0.25) is 0 Å². The summed E-state index contributed by atoms with van der Waals surface area (Å²) in [7, 11) is 1.66. The summed E-state index contributed by atoms with van der Waals surface area (Å²) < 4.78 is 10.5. The summed E-state index contributed by atoms with van der Waals surface area (Å²) in [6.07, 6.45) is 3.96. The number of hydrogen-bond acceptors (Lipinski definition) is 6. The van der Waals surface area contributed by atoms with Crippen molar-refractivity contribution in [1.29, 1.82) is 0 Å². The van der Waals surface area contributed by atoms with Gasteiger partial charge in [-0.05, 0) is 44.5 Å². The lowest BCUT2D eigenvalue weighted by atomic mass is 10.2. The number of aromatic nitrogens is 2. The zero-order valence-corrected chi connectivity index (χ0v) is 14.8.